The van der Waals surface area contributed by atoms with E-state index in [1.807, 2.05) is 0 Å². The van der Waals surface area contributed by atoms with E-state index in [4.69, 9.17) is 0 Å². The van der Waals surface area contributed by atoms with Crippen LogP contribution < -0.4 is 21.2 Å². The number of hydrogen-bond donors (Lipinski definition) is 0. The highest BCUT2D eigenvalue weighted by molar-refractivity contribution is 7.76. The molecule has 0 radical (unpaired) electrons. The first-order valence-corrected chi connectivity index (χ1v) is 16.3. The van der Waals surface area contributed by atoms with Crippen molar-refractivity contribution in [3.8, 4) is 0 Å². The highest BCUT2D eigenvalue weighted by Crippen LogP contribution is 2.55. The molecular formula is C36H36P2. The second kappa shape index (κ2) is 12.2. The lowest BCUT2D eigenvalue weighted by molar-refractivity contribution is 0.590. The van der Waals surface area contributed by atoms with Crippen molar-refractivity contribution in [1.82, 2.24) is 0 Å². The van der Waals surface area contributed by atoms with E-state index in [2.05, 4.69) is 166 Å². The van der Waals surface area contributed by atoms with Crippen LogP contribution in [0.3, 0.4) is 0 Å². The van der Waals surface area contributed by atoms with Crippen LogP contribution >= 0.6 is 15.8 Å². The van der Waals surface area contributed by atoms with Gasteiger partial charge in [0.15, 0.2) is 0 Å². The molecule has 1 unspecified atom stereocenters. The summed E-state index contributed by atoms with van der Waals surface area (Å²) in [5.41, 5.74) is 3.35. The minimum absolute atomic E-state index is 0.137. The first-order valence-electron chi connectivity index (χ1n) is 13.4. The molecule has 0 saturated heterocycles. The fourth-order valence-electron chi connectivity index (χ4n) is 4.98. The minimum atomic E-state index is -0.625. The van der Waals surface area contributed by atoms with Gasteiger partial charge in [-0.15, -0.1) is 0 Å². The molecule has 0 N–H and O–H groups in total. The molecule has 190 valence electrons. The average Bonchev–Trinajstić information content (AvgIpc) is 2.97. The molecule has 0 saturated carbocycles. The summed E-state index contributed by atoms with van der Waals surface area (Å²) in [7, 11) is -1.17. The standard InChI is InChI=1S/C36H36P2/c1-36(2,3)30-26-24-29(25-27-30)35(38(33-20-12-6-13-21-33)34-22-14-7-15-23-34)28-37(31-16-8-4-9-17-31)32-18-10-5-11-19-32/h4-27,35H,28H2,1-3H3. The van der Waals surface area contributed by atoms with Crippen molar-refractivity contribution in [2.24, 2.45) is 0 Å². The molecule has 0 amide bonds. The lowest BCUT2D eigenvalue weighted by Crippen LogP contribution is -2.23. The van der Waals surface area contributed by atoms with Crippen molar-refractivity contribution >= 4 is 37.1 Å². The number of benzene rings is 5. The summed E-state index contributed by atoms with van der Waals surface area (Å²) in [5.74, 6) is 0. The van der Waals surface area contributed by atoms with Crippen LogP contribution in [0.2, 0.25) is 0 Å². The zero-order valence-electron chi connectivity index (χ0n) is 22.5. The van der Waals surface area contributed by atoms with E-state index in [1.54, 1.807) is 0 Å². The quantitative estimate of drug-likeness (QED) is 0.177. The number of hydrogen-bond acceptors (Lipinski definition) is 0. The zero-order valence-corrected chi connectivity index (χ0v) is 24.3. The van der Waals surface area contributed by atoms with Gasteiger partial charge in [-0.05, 0) is 59.8 Å². The van der Waals surface area contributed by atoms with Crippen molar-refractivity contribution in [1.29, 1.82) is 0 Å². The van der Waals surface area contributed by atoms with Gasteiger partial charge in [0.05, 0.1) is 0 Å². The molecule has 0 aliphatic carbocycles. The normalized spacial score (nSPS) is 12.6. The molecule has 5 aromatic carbocycles. The molecule has 0 nitrogen and oxygen atoms in total. The van der Waals surface area contributed by atoms with Crippen LogP contribution in [0.5, 0.6) is 0 Å². The largest absolute Gasteiger partial charge is 0.0622 e. The molecule has 0 aromatic heterocycles. The summed E-state index contributed by atoms with van der Waals surface area (Å²) in [6.07, 6.45) is 1.10. The maximum atomic E-state index is 2.41. The molecule has 0 bridgehead atoms. The third kappa shape index (κ3) is 6.32. The summed E-state index contributed by atoms with van der Waals surface area (Å²) >= 11 is 0. The molecule has 5 aromatic rings. The van der Waals surface area contributed by atoms with Crippen molar-refractivity contribution in [2.75, 3.05) is 6.16 Å². The molecule has 0 fully saturated rings. The van der Waals surface area contributed by atoms with Crippen molar-refractivity contribution in [3.05, 3.63) is 157 Å². The van der Waals surface area contributed by atoms with Gasteiger partial charge in [0.2, 0.25) is 0 Å². The van der Waals surface area contributed by atoms with Gasteiger partial charge in [0.1, 0.15) is 0 Å². The minimum Gasteiger partial charge on any atom is -0.0622 e. The molecule has 1 atom stereocenters. The van der Waals surface area contributed by atoms with Crippen molar-refractivity contribution in [2.45, 2.75) is 31.8 Å². The Kier molecular flexibility index (Phi) is 8.54. The summed E-state index contributed by atoms with van der Waals surface area (Å²) in [6, 6.07) is 54.3. The van der Waals surface area contributed by atoms with Gasteiger partial charge in [0.25, 0.3) is 0 Å². The Morgan fingerprint density at radius 2 is 0.842 bits per heavy atom. The van der Waals surface area contributed by atoms with Crippen LogP contribution in [0.4, 0.5) is 0 Å². The van der Waals surface area contributed by atoms with Crippen molar-refractivity contribution < 1.29 is 0 Å². The number of rotatable bonds is 8. The van der Waals surface area contributed by atoms with Gasteiger partial charge >= 0.3 is 0 Å². The third-order valence-corrected chi connectivity index (χ3v) is 12.7. The van der Waals surface area contributed by atoms with Gasteiger partial charge in [-0.3, -0.25) is 0 Å². The molecule has 0 aliphatic heterocycles. The summed E-state index contributed by atoms with van der Waals surface area (Å²) in [4.78, 5) is 0. The first-order chi connectivity index (χ1) is 18.5. The van der Waals surface area contributed by atoms with E-state index in [0.29, 0.717) is 5.66 Å². The molecule has 5 rings (SSSR count). The molecule has 0 aliphatic rings. The summed E-state index contributed by atoms with van der Waals surface area (Å²) < 4.78 is 0. The van der Waals surface area contributed by atoms with Gasteiger partial charge in [-0.1, -0.05) is 166 Å². The van der Waals surface area contributed by atoms with E-state index in [-0.39, 0.29) is 5.41 Å². The van der Waals surface area contributed by atoms with Gasteiger partial charge in [-0.25, -0.2) is 0 Å². The van der Waals surface area contributed by atoms with Crippen molar-refractivity contribution in [3.63, 3.8) is 0 Å². The van der Waals surface area contributed by atoms with Crippen LogP contribution in [0.15, 0.2) is 146 Å². The summed E-state index contributed by atoms with van der Waals surface area (Å²) in [5, 5.41) is 5.77. The first kappa shape index (κ1) is 26.6. The Labute approximate surface area is 231 Å². The molecule has 38 heavy (non-hydrogen) atoms. The zero-order chi connectivity index (χ0) is 26.4. The van der Waals surface area contributed by atoms with E-state index in [0.717, 1.165) is 6.16 Å². The van der Waals surface area contributed by atoms with Crippen LogP contribution in [0.25, 0.3) is 0 Å². The lowest BCUT2D eigenvalue weighted by Gasteiger charge is -2.33. The Hall–Kier alpha value is -3.04. The third-order valence-electron chi connectivity index (χ3n) is 7.03. The smallest absolute Gasteiger partial charge is 0.0167 e. The van der Waals surface area contributed by atoms with Gasteiger partial charge in [0, 0.05) is 5.66 Å². The predicted molar refractivity (Wildman–Crippen MR) is 171 cm³/mol. The van der Waals surface area contributed by atoms with E-state index >= 15 is 0 Å². The predicted octanol–water partition coefficient (Wildman–Crippen LogP) is 8.29. The molecular weight excluding hydrogens is 494 g/mol. The van der Waals surface area contributed by atoms with Gasteiger partial charge < -0.3 is 0 Å². The highest BCUT2D eigenvalue weighted by atomic mass is 31.1. The van der Waals surface area contributed by atoms with E-state index in [9.17, 15) is 0 Å². The fourth-order valence-corrected chi connectivity index (χ4v) is 10.9. The van der Waals surface area contributed by atoms with Crippen LogP contribution in [-0.2, 0) is 5.41 Å². The highest BCUT2D eigenvalue weighted by Gasteiger charge is 2.30. The Morgan fingerprint density at radius 3 is 1.21 bits per heavy atom. The van der Waals surface area contributed by atoms with Gasteiger partial charge in [-0.2, -0.15) is 0 Å². The van der Waals surface area contributed by atoms with Crippen LogP contribution in [-0.4, -0.2) is 6.16 Å². The topological polar surface area (TPSA) is 0 Å². The molecule has 0 heterocycles. The van der Waals surface area contributed by atoms with E-state index < -0.39 is 15.8 Å². The Balaban J connectivity index is 1.67. The molecule has 0 spiro atoms. The monoisotopic (exact) mass is 530 g/mol. The Morgan fingerprint density at radius 1 is 0.474 bits per heavy atom. The average molecular weight is 531 g/mol. The van der Waals surface area contributed by atoms with E-state index in [1.165, 1.54) is 32.3 Å². The Bertz CT molecular complexity index is 1310. The second-order valence-electron chi connectivity index (χ2n) is 10.7. The maximum Gasteiger partial charge on any atom is 0.0167 e. The van der Waals surface area contributed by atoms with Crippen LogP contribution in [0.1, 0.15) is 37.6 Å². The summed E-state index contributed by atoms with van der Waals surface area (Å²) in [6.45, 7) is 6.89. The maximum absolute atomic E-state index is 2.41. The lowest BCUT2D eigenvalue weighted by atomic mass is 9.86. The second-order valence-corrected chi connectivity index (χ2v) is 15.4. The SMILES string of the molecule is CC(C)(C)c1ccc(C(CP(c2ccccc2)c2ccccc2)P(c2ccccc2)c2ccccc2)cc1. The van der Waals surface area contributed by atoms with Crippen LogP contribution in [0, 0.1) is 0 Å². The molecule has 2 heteroatoms. The fraction of sp³-hybridized carbons (Fsp3) is 0.167.